The first-order chi connectivity index (χ1) is 10.2. The summed E-state index contributed by atoms with van der Waals surface area (Å²) in [5.74, 6) is 0.843. The lowest BCUT2D eigenvalue weighted by atomic mass is 10.0. The van der Waals surface area contributed by atoms with Crippen molar-refractivity contribution < 1.29 is 9.53 Å². The van der Waals surface area contributed by atoms with Gasteiger partial charge in [-0.1, -0.05) is 26.7 Å². The van der Waals surface area contributed by atoms with Gasteiger partial charge in [0.05, 0.1) is 7.11 Å². The van der Waals surface area contributed by atoms with Gasteiger partial charge in [0.15, 0.2) is 0 Å². The van der Waals surface area contributed by atoms with E-state index in [-0.39, 0.29) is 6.03 Å². The average Bonchev–Trinajstić information content (AvgIpc) is 2.64. The van der Waals surface area contributed by atoms with E-state index in [1.165, 1.54) is 0 Å². The smallest absolute Gasteiger partial charge is 0.322 e. The molecule has 4 nitrogen and oxygen atoms in total. The van der Waals surface area contributed by atoms with Gasteiger partial charge in [0.25, 0.3) is 0 Å². The van der Waals surface area contributed by atoms with E-state index >= 15 is 0 Å². The highest BCUT2D eigenvalue weighted by Crippen LogP contribution is 2.27. The number of carbonyl (C=O) groups is 1. The van der Waals surface area contributed by atoms with Gasteiger partial charge in [-0.15, -0.1) is 0 Å². The lowest BCUT2D eigenvalue weighted by Gasteiger charge is -2.30. The maximum absolute atomic E-state index is 12.5. The molecule has 1 aromatic rings. The Morgan fingerprint density at radius 2 is 2.00 bits per heavy atom. The Bertz CT molecular complexity index is 482. The van der Waals surface area contributed by atoms with Gasteiger partial charge in [-0.3, -0.25) is 0 Å². The number of carbonyl (C=O) groups excluding carboxylic acids is 1. The molecule has 116 valence electrons. The summed E-state index contributed by atoms with van der Waals surface area (Å²) in [4.78, 5) is 14.5. The van der Waals surface area contributed by atoms with Crippen molar-refractivity contribution in [1.29, 1.82) is 0 Å². The SMILES string of the molecule is CCCC(CCC)N1CCc2cc(OC)ccc2NC1=O. The Balaban J connectivity index is 2.18. The second kappa shape index (κ2) is 7.34. The molecule has 0 spiro atoms. The number of methoxy groups -OCH3 is 1. The zero-order valence-corrected chi connectivity index (χ0v) is 13.3. The van der Waals surface area contributed by atoms with Crippen molar-refractivity contribution in [2.45, 2.75) is 52.0 Å². The standard InChI is InChI=1S/C17H26N2O2/c1-4-6-14(7-5-2)19-11-10-13-12-15(21-3)8-9-16(13)18-17(19)20/h8-9,12,14H,4-7,10-11H2,1-3H3,(H,18,20). The van der Waals surface area contributed by atoms with Crippen LogP contribution in [0.3, 0.4) is 0 Å². The summed E-state index contributed by atoms with van der Waals surface area (Å²) in [6.45, 7) is 5.13. The molecule has 0 radical (unpaired) electrons. The average molecular weight is 290 g/mol. The monoisotopic (exact) mass is 290 g/mol. The van der Waals surface area contributed by atoms with Crippen molar-refractivity contribution in [3.63, 3.8) is 0 Å². The van der Waals surface area contributed by atoms with Crippen LogP contribution < -0.4 is 10.1 Å². The first kappa shape index (κ1) is 15.7. The molecule has 0 saturated heterocycles. The van der Waals surface area contributed by atoms with Crippen molar-refractivity contribution in [2.24, 2.45) is 0 Å². The minimum Gasteiger partial charge on any atom is -0.497 e. The lowest BCUT2D eigenvalue weighted by Crippen LogP contribution is -2.42. The third-order valence-corrected chi connectivity index (χ3v) is 4.12. The molecule has 4 heteroatoms. The fourth-order valence-electron chi connectivity index (χ4n) is 3.03. The number of benzene rings is 1. The highest BCUT2D eigenvalue weighted by Gasteiger charge is 2.26. The van der Waals surface area contributed by atoms with E-state index < -0.39 is 0 Å². The van der Waals surface area contributed by atoms with Crippen LogP contribution in [0.5, 0.6) is 5.75 Å². The molecule has 1 heterocycles. The van der Waals surface area contributed by atoms with Crippen LogP contribution in [-0.4, -0.2) is 30.6 Å². The summed E-state index contributed by atoms with van der Waals surface area (Å²) in [6, 6.07) is 6.23. The molecule has 1 aromatic carbocycles. The largest absolute Gasteiger partial charge is 0.497 e. The third kappa shape index (κ3) is 3.69. The fourth-order valence-corrected chi connectivity index (χ4v) is 3.03. The number of rotatable bonds is 6. The fraction of sp³-hybridized carbons (Fsp3) is 0.588. The first-order valence-corrected chi connectivity index (χ1v) is 7.94. The molecule has 0 atom stereocenters. The molecular formula is C17H26N2O2. The van der Waals surface area contributed by atoms with E-state index in [4.69, 9.17) is 4.74 Å². The summed E-state index contributed by atoms with van der Waals surface area (Å²) in [5, 5.41) is 3.05. The van der Waals surface area contributed by atoms with E-state index in [0.717, 1.165) is 55.6 Å². The summed E-state index contributed by atoms with van der Waals surface area (Å²) in [5.41, 5.74) is 2.06. The number of nitrogens with one attached hydrogen (secondary N) is 1. The Hall–Kier alpha value is -1.71. The zero-order chi connectivity index (χ0) is 15.2. The van der Waals surface area contributed by atoms with E-state index in [9.17, 15) is 4.79 Å². The molecule has 1 aliphatic heterocycles. The van der Waals surface area contributed by atoms with Crippen LogP contribution in [0.25, 0.3) is 0 Å². The minimum atomic E-state index is 0.0332. The van der Waals surface area contributed by atoms with Crippen LogP contribution in [0.1, 0.15) is 45.1 Å². The van der Waals surface area contributed by atoms with Crippen molar-refractivity contribution in [2.75, 3.05) is 19.0 Å². The van der Waals surface area contributed by atoms with Crippen LogP contribution >= 0.6 is 0 Å². The molecule has 0 saturated carbocycles. The van der Waals surface area contributed by atoms with Gasteiger partial charge in [0.2, 0.25) is 0 Å². The Morgan fingerprint density at radius 1 is 1.29 bits per heavy atom. The van der Waals surface area contributed by atoms with Gasteiger partial charge in [-0.05, 0) is 43.0 Å². The highest BCUT2D eigenvalue weighted by atomic mass is 16.5. The predicted molar refractivity (Wildman–Crippen MR) is 86.0 cm³/mol. The Morgan fingerprint density at radius 3 is 2.62 bits per heavy atom. The zero-order valence-electron chi connectivity index (χ0n) is 13.3. The number of nitrogens with zero attached hydrogens (tertiary/aromatic N) is 1. The molecule has 0 aliphatic carbocycles. The molecule has 2 amide bonds. The summed E-state index contributed by atoms with van der Waals surface area (Å²) < 4.78 is 5.27. The molecule has 0 bridgehead atoms. The van der Waals surface area contributed by atoms with Gasteiger partial charge in [0, 0.05) is 18.3 Å². The van der Waals surface area contributed by atoms with Crippen LogP contribution in [0.2, 0.25) is 0 Å². The number of hydrogen-bond donors (Lipinski definition) is 1. The van der Waals surface area contributed by atoms with E-state index in [0.29, 0.717) is 6.04 Å². The highest BCUT2D eigenvalue weighted by molar-refractivity contribution is 5.91. The van der Waals surface area contributed by atoms with Crippen LogP contribution in [-0.2, 0) is 6.42 Å². The summed E-state index contributed by atoms with van der Waals surface area (Å²) >= 11 is 0. The maximum Gasteiger partial charge on any atom is 0.322 e. The molecular weight excluding hydrogens is 264 g/mol. The normalized spacial score (nSPS) is 14.7. The number of ether oxygens (including phenoxy) is 1. The van der Waals surface area contributed by atoms with Gasteiger partial charge < -0.3 is 15.0 Å². The van der Waals surface area contributed by atoms with E-state index in [1.807, 2.05) is 23.1 Å². The van der Waals surface area contributed by atoms with Gasteiger partial charge in [-0.25, -0.2) is 4.79 Å². The Kier molecular flexibility index (Phi) is 5.48. The van der Waals surface area contributed by atoms with E-state index in [2.05, 4.69) is 19.2 Å². The molecule has 2 rings (SSSR count). The number of hydrogen-bond acceptors (Lipinski definition) is 2. The maximum atomic E-state index is 12.5. The predicted octanol–water partition coefficient (Wildman–Crippen LogP) is 4.05. The molecule has 0 fully saturated rings. The quantitative estimate of drug-likeness (QED) is 0.858. The van der Waals surface area contributed by atoms with E-state index in [1.54, 1.807) is 7.11 Å². The molecule has 0 unspecified atom stereocenters. The Labute approximate surface area is 127 Å². The number of anilines is 1. The molecule has 1 aliphatic rings. The lowest BCUT2D eigenvalue weighted by molar-refractivity contribution is 0.180. The van der Waals surface area contributed by atoms with Crippen molar-refractivity contribution >= 4 is 11.7 Å². The summed E-state index contributed by atoms with van der Waals surface area (Å²) in [6.07, 6.45) is 5.22. The van der Waals surface area contributed by atoms with Crippen LogP contribution in [0.15, 0.2) is 18.2 Å². The van der Waals surface area contributed by atoms with Gasteiger partial charge in [-0.2, -0.15) is 0 Å². The molecule has 21 heavy (non-hydrogen) atoms. The topological polar surface area (TPSA) is 41.6 Å². The summed E-state index contributed by atoms with van der Waals surface area (Å²) in [7, 11) is 1.67. The number of urea groups is 1. The van der Waals surface area contributed by atoms with Crippen molar-refractivity contribution in [3.8, 4) is 5.75 Å². The minimum absolute atomic E-state index is 0.0332. The number of fused-ring (bicyclic) bond motifs is 1. The molecule has 0 aromatic heterocycles. The first-order valence-electron chi connectivity index (χ1n) is 7.94. The van der Waals surface area contributed by atoms with Crippen LogP contribution in [0, 0.1) is 0 Å². The van der Waals surface area contributed by atoms with Gasteiger partial charge in [0.1, 0.15) is 5.75 Å². The molecule has 1 N–H and O–H groups in total. The second-order valence-corrected chi connectivity index (χ2v) is 5.63. The van der Waals surface area contributed by atoms with Crippen molar-refractivity contribution in [3.05, 3.63) is 23.8 Å². The third-order valence-electron chi connectivity index (χ3n) is 4.12. The van der Waals surface area contributed by atoms with Crippen molar-refractivity contribution in [1.82, 2.24) is 4.90 Å². The van der Waals surface area contributed by atoms with Crippen LogP contribution in [0.4, 0.5) is 10.5 Å². The number of amides is 2. The van der Waals surface area contributed by atoms with Gasteiger partial charge >= 0.3 is 6.03 Å². The second-order valence-electron chi connectivity index (χ2n) is 5.63.